The number of rotatable bonds is 2. The van der Waals surface area contributed by atoms with E-state index >= 15 is 0 Å². The molecule has 0 saturated heterocycles. The number of hydrogen-bond acceptors (Lipinski definition) is 5. The Morgan fingerprint density at radius 3 is 2.74 bits per heavy atom. The summed E-state index contributed by atoms with van der Waals surface area (Å²) in [5, 5.41) is 22.7. The van der Waals surface area contributed by atoms with Crippen LogP contribution in [0.4, 0.5) is 5.69 Å². The zero-order chi connectivity index (χ0) is 16.0. The van der Waals surface area contributed by atoms with Crippen molar-refractivity contribution in [1.29, 1.82) is 0 Å². The van der Waals surface area contributed by atoms with Gasteiger partial charge in [-0.05, 0) is 18.2 Å². The summed E-state index contributed by atoms with van der Waals surface area (Å²) < 4.78 is 0. The first-order valence-electron chi connectivity index (χ1n) is 6.85. The molecule has 0 amide bonds. The molecule has 2 aromatic carbocycles. The van der Waals surface area contributed by atoms with Crippen LogP contribution in [0, 0.1) is 10.1 Å². The Kier molecular flexibility index (Phi) is 2.74. The maximum absolute atomic E-state index is 10.8. The van der Waals surface area contributed by atoms with Crippen LogP contribution in [0.15, 0.2) is 58.3 Å². The summed E-state index contributed by atoms with van der Waals surface area (Å²) >= 11 is 0. The van der Waals surface area contributed by atoms with Crippen LogP contribution in [0.5, 0.6) is 5.88 Å². The molecule has 2 N–H and O–H groups in total. The number of fused-ring (bicyclic) bond motifs is 2. The Morgan fingerprint density at radius 2 is 1.91 bits per heavy atom. The largest absolute Gasteiger partial charge is 0.494 e. The number of para-hydroxylation sites is 1. The van der Waals surface area contributed by atoms with Crippen molar-refractivity contribution >= 4 is 22.7 Å². The number of non-ortho nitro benzene ring substituents is 1. The summed E-state index contributed by atoms with van der Waals surface area (Å²) in [6.45, 7) is 0. The minimum absolute atomic E-state index is 0.0288. The Morgan fingerprint density at radius 1 is 1.13 bits per heavy atom. The number of aromatic nitrogens is 1. The van der Waals surface area contributed by atoms with E-state index in [1.807, 2.05) is 24.3 Å². The number of nitrogens with one attached hydrogen (secondary N) is 1. The quantitative estimate of drug-likeness (QED) is 0.559. The van der Waals surface area contributed by atoms with Crippen LogP contribution in [0.25, 0.3) is 17.0 Å². The molecule has 0 fully saturated rings. The highest BCUT2D eigenvalue weighted by Gasteiger charge is 2.12. The maximum atomic E-state index is 10.8. The van der Waals surface area contributed by atoms with Crippen LogP contribution in [0.1, 0.15) is 5.56 Å². The lowest BCUT2D eigenvalue weighted by Gasteiger charge is -1.93. The topological polar surface area (TPSA) is 104 Å². The summed E-state index contributed by atoms with van der Waals surface area (Å²) in [7, 11) is 0. The van der Waals surface area contributed by atoms with Gasteiger partial charge in [-0.25, -0.2) is 9.98 Å². The lowest BCUT2D eigenvalue weighted by molar-refractivity contribution is -0.385. The van der Waals surface area contributed by atoms with E-state index in [1.165, 1.54) is 12.1 Å². The van der Waals surface area contributed by atoms with Crippen molar-refractivity contribution in [3.8, 4) is 5.88 Å². The van der Waals surface area contributed by atoms with Gasteiger partial charge in [-0.1, -0.05) is 18.2 Å². The average Bonchev–Trinajstić information content (AvgIpc) is 3.07. The molecule has 1 aliphatic rings. The van der Waals surface area contributed by atoms with Crippen molar-refractivity contribution in [3.05, 3.63) is 74.7 Å². The van der Waals surface area contributed by atoms with E-state index in [-0.39, 0.29) is 11.6 Å². The van der Waals surface area contributed by atoms with E-state index in [1.54, 1.807) is 12.1 Å². The third kappa shape index (κ3) is 2.15. The van der Waals surface area contributed by atoms with E-state index in [0.717, 1.165) is 10.9 Å². The molecule has 112 valence electrons. The number of H-pyrrole nitrogens is 1. The highest BCUT2D eigenvalue weighted by Crippen LogP contribution is 2.29. The molecule has 7 nitrogen and oxygen atoms in total. The number of nitrogens with zero attached hydrogens (tertiary/aromatic N) is 3. The van der Waals surface area contributed by atoms with Gasteiger partial charge in [0.15, 0.2) is 11.7 Å². The summed E-state index contributed by atoms with van der Waals surface area (Å²) in [4.78, 5) is 21.8. The lowest BCUT2D eigenvalue weighted by Crippen LogP contribution is -2.21. The molecule has 0 aliphatic carbocycles. The Labute approximate surface area is 129 Å². The van der Waals surface area contributed by atoms with Crippen LogP contribution in [0.3, 0.4) is 0 Å². The second-order valence-electron chi connectivity index (χ2n) is 5.09. The standard InChI is InChI=1S/C16H10N4O3/c21-16-11(10-3-1-2-4-12(10)19-16)8-15-17-13-6-5-9(20(22)23)7-14(13)18-15/h1-8,19,21H/b15-8+. The summed E-state index contributed by atoms with van der Waals surface area (Å²) in [6.07, 6.45) is 1.65. The fourth-order valence-electron chi connectivity index (χ4n) is 2.57. The number of benzene rings is 2. The molecule has 0 unspecified atom stereocenters. The molecule has 0 atom stereocenters. The molecule has 3 aromatic rings. The van der Waals surface area contributed by atoms with E-state index in [2.05, 4.69) is 15.0 Å². The average molecular weight is 306 g/mol. The van der Waals surface area contributed by atoms with E-state index in [4.69, 9.17) is 0 Å². The molecular formula is C16H10N4O3. The molecule has 0 bridgehead atoms. The molecule has 23 heavy (non-hydrogen) atoms. The number of aromatic hydroxyl groups is 1. The first-order chi connectivity index (χ1) is 11.1. The van der Waals surface area contributed by atoms with Gasteiger partial charge in [-0.2, -0.15) is 0 Å². The molecule has 1 aliphatic heterocycles. The first kappa shape index (κ1) is 13.2. The molecule has 0 saturated carbocycles. The number of nitro benzene ring substituents is 1. The summed E-state index contributed by atoms with van der Waals surface area (Å²) in [5.74, 6) is 0.423. The van der Waals surface area contributed by atoms with E-state index in [9.17, 15) is 15.2 Å². The second kappa shape index (κ2) is 4.77. The third-order valence-corrected chi connectivity index (χ3v) is 3.64. The number of nitro groups is 1. The predicted molar refractivity (Wildman–Crippen MR) is 83.3 cm³/mol. The summed E-state index contributed by atoms with van der Waals surface area (Å²) in [5.41, 5.74) is 1.37. The molecule has 0 radical (unpaired) electrons. The van der Waals surface area contributed by atoms with Gasteiger partial charge in [-0.15, -0.1) is 0 Å². The van der Waals surface area contributed by atoms with Gasteiger partial charge < -0.3 is 10.1 Å². The Bertz CT molecular complexity index is 1110. The predicted octanol–water partition coefficient (Wildman–Crippen LogP) is 2.03. The second-order valence-corrected chi connectivity index (χ2v) is 5.09. The Balaban J connectivity index is 1.86. The van der Waals surface area contributed by atoms with Crippen LogP contribution in [0.2, 0.25) is 0 Å². The first-order valence-corrected chi connectivity index (χ1v) is 6.85. The van der Waals surface area contributed by atoms with Crippen molar-refractivity contribution in [2.45, 2.75) is 0 Å². The summed E-state index contributed by atoms with van der Waals surface area (Å²) in [6, 6.07) is 11.8. The minimum atomic E-state index is -0.469. The van der Waals surface area contributed by atoms with Crippen LogP contribution < -0.4 is 10.7 Å². The van der Waals surface area contributed by atoms with Gasteiger partial charge in [-0.3, -0.25) is 10.1 Å². The molecule has 2 heterocycles. The lowest BCUT2D eigenvalue weighted by atomic mass is 10.1. The van der Waals surface area contributed by atoms with Gasteiger partial charge in [0.05, 0.1) is 15.6 Å². The highest BCUT2D eigenvalue weighted by molar-refractivity contribution is 5.92. The molecular weight excluding hydrogens is 296 g/mol. The van der Waals surface area contributed by atoms with Crippen LogP contribution in [-0.2, 0) is 0 Å². The van der Waals surface area contributed by atoms with Crippen LogP contribution in [-0.4, -0.2) is 15.0 Å². The van der Waals surface area contributed by atoms with Crippen LogP contribution >= 0.6 is 0 Å². The number of hydrogen-bond donors (Lipinski definition) is 2. The molecule has 0 spiro atoms. The normalized spacial score (nSPS) is 14.5. The monoisotopic (exact) mass is 306 g/mol. The highest BCUT2D eigenvalue weighted by atomic mass is 16.6. The zero-order valence-electron chi connectivity index (χ0n) is 11.7. The maximum Gasteiger partial charge on any atom is 0.271 e. The molecule has 1 aromatic heterocycles. The van der Waals surface area contributed by atoms with Gasteiger partial charge >= 0.3 is 0 Å². The van der Waals surface area contributed by atoms with E-state index < -0.39 is 4.92 Å². The fourth-order valence-corrected chi connectivity index (χ4v) is 2.57. The van der Waals surface area contributed by atoms with E-state index in [0.29, 0.717) is 22.1 Å². The minimum Gasteiger partial charge on any atom is -0.494 e. The third-order valence-electron chi connectivity index (χ3n) is 3.64. The van der Waals surface area contributed by atoms with Crippen molar-refractivity contribution in [2.75, 3.05) is 0 Å². The van der Waals surface area contributed by atoms with Crippen molar-refractivity contribution in [3.63, 3.8) is 0 Å². The molecule has 4 rings (SSSR count). The van der Waals surface area contributed by atoms with Gasteiger partial charge in [0.2, 0.25) is 0 Å². The van der Waals surface area contributed by atoms with Gasteiger partial charge in [0, 0.05) is 28.6 Å². The molecule has 7 heteroatoms. The van der Waals surface area contributed by atoms with Gasteiger partial charge in [0.1, 0.15) is 0 Å². The zero-order valence-corrected chi connectivity index (χ0v) is 11.7. The Hall–Kier alpha value is -3.48. The SMILES string of the molecule is O=[N+]([O-])c1ccc2c(c1)=N/C(=C/c1c(O)[nH]c3ccccc13)N=2. The smallest absolute Gasteiger partial charge is 0.271 e. The van der Waals surface area contributed by atoms with Crippen molar-refractivity contribution in [1.82, 2.24) is 4.98 Å². The fraction of sp³-hybridized carbons (Fsp3) is 0. The number of aromatic amines is 1. The van der Waals surface area contributed by atoms with Gasteiger partial charge in [0.25, 0.3) is 5.69 Å². The van der Waals surface area contributed by atoms with Crippen molar-refractivity contribution in [2.24, 2.45) is 9.98 Å². The van der Waals surface area contributed by atoms with Crippen molar-refractivity contribution < 1.29 is 10.0 Å².